The molecule has 1 fully saturated rings. The second-order valence-electron chi connectivity index (χ2n) is 4.27. The van der Waals surface area contributed by atoms with E-state index in [1.807, 2.05) is 11.3 Å². The summed E-state index contributed by atoms with van der Waals surface area (Å²) in [6.45, 7) is 5.73. The van der Waals surface area contributed by atoms with E-state index in [1.165, 1.54) is 31.4 Å². The van der Waals surface area contributed by atoms with Crippen LogP contribution in [0.2, 0.25) is 0 Å². The predicted molar refractivity (Wildman–Crippen MR) is 62.8 cm³/mol. The van der Waals surface area contributed by atoms with Gasteiger partial charge >= 0.3 is 0 Å². The Hall–Kier alpha value is -0.340. The second kappa shape index (κ2) is 4.45. The van der Waals surface area contributed by atoms with Crippen molar-refractivity contribution in [1.29, 1.82) is 0 Å². The quantitative estimate of drug-likeness (QED) is 0.786. The maximum atomic E-state index is 3.64. The number of thiophene rings is 1. The van der Waals surface area contributed by atoms with Crippen LogP contribution in [-0.4, -0.2) is 6.54 Å². The first-order valence-corrected chi connectivity index (χ1v) is 6.46. The first-order chi connectivity index (χ1) is 6.81. The molecular formula is C12H19NS. The van der Waals surface area contributed by atoms with E-state index < -0.39 is 0 Å². The fraction of sp³-hybridized carbons (Fsp3) is 0.667. The maximum Gasteiger partial charge on any atom is 0.0420 e. The Morgan fingerprint density at radius 3 is 3.07 bits per heavy atom. The molecule has 0 bridgehead atoms. The van der Waals surface area contributed by atoms with Crippen molar-refractivity contribution in [3.63, 3.8) is 0 Å². The number of hydrogen-bond acceptors (Lipinski definition) is 2. The summed E-state index contributed by atoms with van der Waals surface area (Å²) in [5, 5.41) is 5.85. The van der Waals surface area contributed by atoms with Gasteiger partial charge in [0.1, 0.15) is 0 Å². The van der Waals surface area contributed by atoms with Gasteiger partial charge in [-0.05, 0) is 49.2 Å². The molecule has 2 atom stereocenters. The van der Waals surface area contributed by atoms with Crippen LogP contribution in [0.15, 0.2) is 11.4 Å². The van der Waals surface area contributed by atoms with Crippen LogP contribution in [0, 0.1) is 12.8 Å². The molecule has 2 heteroatoms. The van der Waals surface area contributed by atoms with Crippen molar-refractivity contribution >= 4 is 11.3 Å². The lowest BCUT2D eigenvalue weighted by Crippen LogP contribution is -2.31. The van der Waals surface area contributed by atoms with E-state index in [1.54, 1.807) is 4.88 Å². The van der Waals surface area contributed by atoms with Crippen LogP contribution < -0.4 is 5.32 Å². The Bertz CT molecular complexity index is 292. The van der Waals surface area contributed by atoms with Gasteiger partial charge in [-0.15, -0.1) is 11.3 Å². The zero-order valence-corrected chi connectivity index (χ0v) is 9.86. The normalized spacial score (nSPS) is 27.9. The van der Waals surface area contributed by atoms with E-state index in [9.17, 15) is 0 Å². The second-order valence-corrected chi connectivity index (χ2v) is 5.22. The van der Waals surface area contributed by atoms with Gasteiger partial charge in [-0.3, -0.25) is 0 Å². The molecule has 0 spiro atoms. The molecule has 2 heterocycles. The highest BCUT2D eigenvalue weighted by Crippen LogP contribution is 2.33. The molecule has 1 aromatic rings. The summed E-state index contributed by atoms with van der Waals surface area (Å²) in [6.07, 6.45) is 4.03. The molecule has 1 aliphatic heterocycles. The lowest BCUT2D eigenvalue weighted by Gasteiger charge is -2.29. The molecule has 1 aliphatic rings. The van der Waals surface area contributed by atoms with E-state index >= 15 is 0 Å². The third-order valence-corrected chi connectivity index (χ3v) is 4.44. The van der Waals surface area contributed by atoms with E-state index in [-0.39, 0.29) is 0 Å². The molecule has 2 rings (SSSR count). The predicted octanol–water partition coefficient (Wildman–Crippen LogP) is 3.51. The standard InChI is InChI=1S/C12H19NS/c1-3-10-4-6-13-11(8-10)12-9(2)5-7-14-12/h5,7,10-11,13H,3-4,6,8H2,1-2H3. The lowest BCUT2D eigenvalue weighted by atomic mass is 9.89. The van der Waals surface area contributed by atoms with Crippen molar-refractivity contribution in [2.45, 2.75) is 39.2 Å². The molecule has 0 aliphatic carbocycles. The zero-order chi connectivity index (χ0) is 9.97. The summed E-state index contributed by atoms with van der Waals surface area (Å²) in [7, 11) is 0. The monoisotopic (exact) mass is 209 g/mol. The third kappa shape index (κ3) is 2.01. The number of rotatable bonds is 2. The minimum Gasteiger partial charge on any atom is -0.309 e. The highest BCUT2D eigenvalue weighted by Gasteiger charge is 2.23. The first-order valence-electron chi connectivity index (χ1n) is 5.58. The van der Waals surface area contributed by atoms with Crippen LogP contribution in [0.25, 0.3) is 0 Å². The molecule has 1 saturated heterocycles. The topological polar surface area (TPSA) is 12.0 Å². The van der Waals surface area contributed by atoms with Crippen molar-refractivity contribution in [2.75, 3.05) is 6.54 Å². The van der Waals surface area contributed by atoms with Gasteiger partial charge in [-0.2, -0.15) is 0 Å². The summed E-state index contributed by atoms with van der Waals surface area (Å²) < 4.78 is 0. The van der Waals surface area contributed by atoms with Gasteiger partial charge in [0.25, 0.3) is 0 Å². The Balaban J connectivity index is 2.08. The number of piperidine rings is 1. The largest absolute Gasteiger partial charge is 0.309 e. The van der Waals surface area contributed by atoms with Crippen LogP contribution >= 0.6 is 11.3 Å². The van der Waals surface area contributed by atoms with Crippen LogP contribution in [-0.2, 0) is 0 Å². The van der Waals surface area contributed by atoms with E-state index in [0.717, 1.165) is 5.92 Å². The van der Waals surface area contributed by atoms with Gasteiger partial charge in [0.2, 0.25) is 0 Å². The average molecular weight is 209 g/mol. The minimum absolute atomic E-state index is 0.633. The smallest absolute Gasteiger partial charge is 0.0420 e. The fourth-order valence-corrected chi connectivity index (χ4v) is 3.32. The summed E-state index contributed by atoms with van der Waals surface area (Å²) >= 11 is 1.91. The highest BCUT2D eigenvalue weighted by molar-refractivity contribution is 7.10. The van der Waals surface area contributed by atoms with Gasteiger partial charge < -0.3 is 5.32 Å². The summed E-state index contributed by atoms with van der Waals surface area (Å²) in [6, 6.07) is 2.87. The third-order valence-electron chi connectivity index (χ3n) is 3.31. The fourth-order valence-electron chi connectivity index (χ4n) is 2.31. The highest BCUT2D eigenvalue weighted by atomic mass is 32.1. The molecule has 78 valence electrons. The molecule has 0 aromatic carbocycles. The minimum atomic E-state index is 0.633. The summed E-state index contributed by atoms with van der Waals surface area (Å²) in [4.78, 5) is 1.56. The molecule has 0 saturated carbocycles. The van der Waals surface area contributed by atoms with Gasteiger partial charge in [0.05, 0.1) is 0 Å². The number of nitrogens with one attached hydrogen (secondary N) is 1. The van der Waals surface area contributed by atoms with Crippen LogP contribution in [0.5, 0.6) is 0 Å². The van der Waals surface area contributed by atoms with E-state index in [4.69, 9.17) is 0 Å². The van der Waals surface area contributed by atoms with Crippen molar-refractivity contribution < 1.29 is 0 Å². The Morgan fingerprint density at radius 1 is 1.57 bits per heavy atom. The molecule has 1 nitrogen and oxygen atoms in total. The van der Waals surface area contributed by atoms with Crippen molar-refractivity contribution in [3.05, 3.63) is 21.9 Å². The summed E-state index contributed by atoms with van der Waals surface area (Å²) in [5.74, 6) is 0.933. The number of hydrogen-bond donors (Lipinski definition) is 1. The molecular weight excluding hydrogens is 190 g/mol. The maximum absolute atomic E-state index is 3.64. The van der Waals surface area contributed by atoms with Crippen molar-refractivity contribution in [2.24, 2.45) is 5.92 Å². The Kier molecular flexibility index (Phi) is 3.24. The molecule has 2 unspecified atom stereocenters. The average Bonchev–Trinajstić information content (AvgIpc) is 2.65. The van der Waals surface area contributed by atoms with Crippen LogP contribution in [0.3, 0.4) is 0 Å². The molecule has 1 aromatic heterocycles. The molecule has 1 N–H and O–H groups in total. The van der Waals surface area contributed by atoms with E-state index in [2.05, 4.69) is 30.6 Å². The lowest BCUT2D eigenvalue weighted by molar-refractivity contribution is 0.301. The molecule has 0 amide bonds. The number of aryl methyl sites for hydroxylation is 1. The van der Waals surface area contributed by atoms with Gasteiger partial charge in [0, 0.05) is 10.9 Å². The Labute approximate surface area is 90.5 Å². The van der Waals surface area contributed by atoms with Crippen LogP contribution in [0.1, 0.15) is 42.7 Å². The molecule has 14 heavy (non-hydrogen) atoms. The zero-order valence-electron chi connectivity index (χ0n) is 9.05. The van der Waals surface area contributed by atoms with Crippen molar-refractivity contribution in [3.8, 4) is 0 Å². The van der Waals surface area contributed by atoms with Crippen molar-refractivity contribution in [1.82, 2.24) is 5.32 Å². The SMILES string of the molecule is CCC1CCNC(c2sccc2C)C1. The van der Waals surface area contributed by atoms with Gasteiger partial charge in [-0.1, -0.05) is 13.3 Å². The van der Waals surface area contributed by atoms with Gasteiger partial charge in [-0.25, -0.2) is 0 Å². The van der Waals surface area contributed by atoms with E-state index in [0.29, 0.717) is 6.04 Å². The first kappa shape index (κ1) is 10.2. The molecule has 0 radical (unpaired) electrons. The Morgan fingerprint density at radius 2 is 2.43 bits per heavy atom. The van der Waals surface area contributed by atoms with Crippen LogP contribution in [0.4, 0.5) is 0 Å². The van der Waals surface area contributed by atoms with Gasteiger partial charge in [0.15, 0.2) is 0 Å². The summed E-state index contributed by atoms with van der Waals surface area (Å²) in [5.41, 5.74) is 1.46.